The highest BCUT2D eigenvalue weighted by Crippen LogP contribution is 2.19. The number of carboxylic acids is 1. The summed E-state index contributed by atoms with van der Waals surface area (Å²) in [6.07, 6.45) is -4.41. The summed E-state index contributed by atoms with van der Waals surface area (Å²) in [5.41, 5.74) is -0.568. The molecule has 4 nitrogen and oxygen atoms in total. The number of alkyl halides is 3. The summed E-state index contributed by atoms with van der Waals surface area (Å²) in [5, 5.41) is 11.3. The molecule has 0 saturated heterocycles. The van der Waals surface area contributed by atoms with Gasteiger partial charge in [-0.05, 0) is 12.1 Å². The number of rotatable bonds is 6. The fraction of sp³-hybridized carbons (Fsp3) is 0.364. The number of carboxylic acid groups (broad SMARTS) is 1. The average Bonchev–Trinajstić information content (AvgIpc) is 2.26. The van der Waals surface area contributed by atoms with Gasteiger partial charge in [-0.25, -0.2) is 9.18 Å². The van der Waals surface area contributed by atoms with Crippen molar-refractivity contribution in [3.63, 3.8) is 0 Å². The van der Waals surface area contributed by atoms with Crippen LogP contribution in [0.4, 0.5) is 23.2 Å². The van der Waals surface area contributed by atoms with Gasteiger partial charge in [0.2, 0.25) is 0 Å². The molecule has 106 valence electrons. The van der Waals surface area contributed by atoms with Gasteiger partial charge in [-0.1, -0.05) is 6.07 Å². The molecule has 0 heterocycles. The zero-order valence-electron chi connectivity index (χ0n) is 9.63. The third-order valence-corrected chi connectivity index (χ3v) is 2.06. The molecule has 19 heavy (non-hydrogen) atoms. The first-order valence-corrected chi connectivity index (χ1v) is 5.21. The van der Waals surface area contributed by atoms with Gasteiger partial charge in [-0.15, -0.1) is 0 Å². The van der Waals surface area contributed by atoms with E-state index < -0.39 is 30.1 Å². The second-order valence-corrected chi connectivity index (χ2v) is 3.56. The molecule has 0 radical (unpaired) electrons. The first-order chi connectivity index (χ1) is 8.81. The zero-order valence-corrected chi connectivity index (χ0v) is 9.63. The number of hydrogen-bond acceptors (Lipinski definition) is 3. The van der Waals surface area contributed by atoms with Crippen LogP contribution in [0.25, 0.3) is 0 Å². The minimum atomic E-state index is -4.41. The van der Waals surface area contributed by atoms with Crippen molar-refractivity contribution in [2.45, 2.75) is 6.18 Å². The van der Waals surface area contributed by atoms with E-state index in [4.69, 9.17) is 5.11 Å². The van der Waals surface area contributed by atoms with Crippen molar-refractivity contribution in [2.24, 2.45) is 0 Å². The summed E-state index contributed by atoms with van der Waals surface area (Å²) in [6.45, 7) is -1.74. The van der Waals surface area contributed by atoms with Gasteiger partial charge in [0.25, 0.3) is 0 Å². The highest BCUT2D eigenvalue weighted by Gasteiger charge is 2.27. The van der Waals surface area contributed by atoms with E-state index in [1.54, 1.807) is 0 Å². The van der Waals surface area contributed by atoms with Crippen LogP contribution in [0, 0.1) is 5.82 Å². The van der Waals surface area contributed by atoms with Gasteiger partial charge >= 0.3 is 12.1 Å². The Bertz CT molecular complexity index is 448. The first kappa shape index (κ1) is 15.2. The quantitative estimate of drug-likeness (QED) is 0.621. The molecular weight excluding hydrogens is 270 g/mol. The van der Waals surface area contributed by atoms with Crippen molar-refractivity contribution in [3.05, 3.63) is 29.6 Å². The van der Waals surface area contributed by atoms with Crippen molar-refractivity contribution in [1.82, 2.24) is 0 Å². The van der Waals surface area contributed by atoms with Gasteiger partial charge in [0.05, 0.1) is 12.3 Å². The maximum atomic E-state index is 13.2. The molecule has 8 heteroatoms. The Morgan fingerprint density at radius 1 is 1.37 bits per heavy atom. The molecule has 0 fully saturated rings. The van der Waals surface area contributed by atoms with E-state index >= 15 is 0 Å². The van der Waals surface area contributed by atoms with Crippen molar-refractivity contribution in [2.75, 3.05) is 25.1 Å². The number of ether oxygens (including phenoxy) is 1. The predicted molar refractivity (Wildman–Crippen MR) is 58.7 cm³/mol. The van der Waals surface area contributed by atoms with Crippen LogP contribution in [0.5, 0.6) is 0 Å². The Kier molecular flexibility index (Phi) is 5.11. The summed E-state index contributed by atoms with van der Waals surface area (Å²) in [5.74, 6) is -2.38. The van der Waals surface area contributed by atoms with E-state index in [1.807, 2.05) is 0 Å². The van der Waals surface area contributed by atoms with E-state index in [2.05, 4.69) is 10.1 Å². The fourth-order valence-electron chi connectivity index (χ4n) is 1.33. The first-order valence-electron chi connectivity index (χ1n) is 5.21. The molecule has 0 saturated carbocycles. The lowest BCUT2D eigenvalue weighted by atomic mass is 10.1. The molecule has 1 aromatic carbocycles. The average molecular weight is 281 g/mol. The van der Waals surface area contributed by atoms with E-state index in [9.17, 15) is 22.4 Å². The standard InChI is InChI=1S/C11H11F4NO3/c12-7-2-1-3-8(9(7)10(17)18)16-4-5-19-6-11(13,14)15/h1-3,16H,4-6H2,(H,17,18). The van der Waals surface area contributed by atoms with Gasteiger partial charge in [0.1, 0.15) is 18.0 Å². The van der Waals surface area contributed by atoms with Crippen LogP contribution in [0.2, 0.25) is 0 Å². The molecule has 0 aliphatic rings. The van der Waals surface area contributed by atoms with Gasteiger partial charge < -0.3 is 15.2 Å². The highest BCUT2D eigenvalue weighted by atomic mass is 19.4. The number of aromatic carboxylic acids is 1. The molecule has 0 aromatic heterocycles. The van der Waals surface area contributed by atoms with E-state index in [1.165, 1.54) is 12.1 Å². The lowest BCUT2D eigenvalue weighted by Crippen LogP contribution is -2.20. The second-order valence-electron chi connectivity index (χ2n) is 3.56. The van der Waals surface area contributed by atoms with Crippen LogP contribution in [0.15, 0.2) is 18.2 Å². The molecule has 0 atom stereocenters. The van der Waals surface area contributed by atoms with Crippen LogP contribution in [0.3, 0.4) is 0 Å². The van der Waals surface area contributed by atoms with E-state index in [-0.39, 0.29) is 18.8 Å². The topological polar surface area (TPSA) is 58.6 Å². The maximum Gasteiger partial charge on any atom is 0.411 e. The van der Waals surface area contributed by atoms with E-state index in [0.29, 0.717) is 0 Å². The lowest BCUT2D eigenvalue weighted by molar-refractivity contribution is -0.172. The third kappa shape index (κ3) is 5.12. The summed E-state index contributed by atoms with van der Waals surface area (Å²) in [4.78, 5) is 10.8. The summed E-state index contributed by atoms with van der Waals surface area (Å²) < 4.78 is 52.8. The zero-order chi connectivity index (χ0) is 14.5. The maximum absolute atomic E-state index is 13.2. The molecule has 1 aromatic rings. The fourth-order valence-corrected chi connectivity index (χ4v) is 1.33. The van der Waals surface area contributed by atoms with Gasteiger partial charge in [0.15, 0.2) is 0 Å². The van der Waals surface area contributed by atoms with Gasteiger partial charge in [0, 0.05) is 6.54 Å². The molecule has 0 aliphatic heterocycles. The number of anilines is 1. The Morgan fingerprint density at radius 2 is 2.05 bits per heavy atom. The Morgan fingerprint density at radius 3 is 2.63 bits per heavy atom. The number of benzene rings is 1. The van der Waals surface area contributed by atoms with Gasteiger partial charge in [-0.3, -0.25) is 0 Å². The SMILES string of the molecule is O=C(O)c1c(F)cccc1NCCOCC(F)(F)F. The van der Waals surface area contributed by atoms with Crippen LogP contribution in [-0.4, -0.2) is 37.0 Å². The van der Waals surface area contributed by atoms with Crippen molar-refractivity contribution in [1.29, 1.82) is 0 Å². The molecule has 1 rings (SSSR count). The second kappa shape index (κ2) is 6.37. The van der Waals surface area contributed by atoms with Gasteiger partial charge in [-0.2, -0.15) is 13.2 Å². The number of hydrogen-bond donors (Lipinski definition) is 2. The summed E-state index contributed by atoms with van der Waals surface area (Å²) in [6, 6.07) is 3.59. The van der Waals surface area contributed by atoms with Crippen molar-refractivity contribution in [3.8, 4) is 0 Å². The molecule has 0 bridgehead atoms. The summed E-state index contributed by atoms with van der Waals surface area (Å²) in [7, 11) is 0. The predicted octanol–water partition coefficient (Wildman–Crippen LogP) is 2.51. The Balaban J connectivity index is 2.50. The van der Waals surface area contributed by atoms with Crippen LogP contribution < -0.4 is 5.32 Å². The number of carbonyl (C=O) groups is 1. The molecule has 0 spiro atoms. The third-order valence-electron chi connectivity index (χ3n) is 2.06. The monoisotopic (exact) mass is 281 g/mol. The molecular formula is C11H11F4NO3. The van der Waals surface area contributed by atoms with Crippen LogP contribution in [-0.2, 0) is 4.74 Å². The molecule has 0 unspecified atom stereocenters. The largest absolute Gasteiger partial charge is 0.478 e. The van der Waals surface area contributed by atoms with Crippen LogP contribution >= 0.6 is 0 Å². The Hall–Kier alpha value is -1.83. The highest BCUT2D eigenvalue weighted by molar-refractivity contribution is 5.94. The smallest absolute Gasteiger partial charge is 0.411 e. The van der Waals surface area contributed by atoms with Crippen LogP contribution in [0.1, 0.15) is 10.4 Å². The summed E-state index contributed by atoms with van der Waals surface area (Å²) >= 11 is 0. The number of nitrogens with one attached hydrogen (secondary N) is 1. The Labute approximate surface area is 106 Å². The van der Waals surface area contributed by atoms with Crippen molar-refractivity contribution < 1.29 is 32.2 Å². The normalized spacial score (nSPS) is 11.4. The van der Waals surface area contributed by atoms with Crippen molar-refractivity contribution >= 4 is 11.7 Å². The minimum absolute atomic E-state index is 0.0110. The molecule has 2 N–H and O–H groups in total. The lowest BCUT2D eigenvalue weighted by Gasteiger charge is -2.11. The molecule has 0 amide bonds. The number of halogens is 4. The molecule has 0 aliphatic carbocycles. The minimum Gasteiger partial charge on any atom is -0.478 e. The van der Waals surface area contributed by atoms with E-state index in [0.717, 1.165) is 6.07 Å².